The molecular weight excluding hydrogens is 280 g/mol. The molecule has 19 heavy (non-hydrogen) atoms. The first-order valence-electron chi connectivity index (χ1n) is 7.15. The second-order valence-electron chi connectivity index (χ2n) is 5.39. The number of thioether (sulfide) groups is 1. The Hall–Kier alpha value is 0.0700. The smallest absolute Gasteiger partial charge is 0.227 e. The van der Waals surface area contributed by atoms with E-state index in [-0.39, 0.29) is 23.7 Å². The second-order valence-corrected chi connectivity index (χ2v) is 6.52. The minimum atomic E-state index is -0.355. The summed E-state index contributed by atoms with van der Waals surface area (Å²) < 4.78 is 0. The molecule has 114 valence electrons. The molecule has 1 aliphatic carbocycles. The zero-order valence-electron chi connectivity index (χ0n) is 12.4. The van der Waals surface area contributed by atoms with Gasteiger partial charge in [-0.3, -0.25) is 4.79 Å². The summed E-state index contributed by atoms with van der Waals surface area (Å²) in [6.45, 7) is 4.56. The molecule has 0 spiro atoms. The van der Waals surface area contributed by atoms with Crippen LogP contribution in [-0.2, 0) is 4.79 Å². The molecule has 1 amide bonds. The molecule has 1 aliphatic rings. The molecule has 2 unspecified atom stereocenters. The van der Waals surface area contributed by atoms with E-state index in [2.05, 4.69) is 25.4 Å². The maximum Gasteiger partial charge on any atom is 0.227 e. The number of nitrogens with one attached hydrogen (secondary N) is 1. The maximum absolute atomic E-state index is 12.4. The number of hydrogen-bond donors (Lipinski definition) is 2. The van der Waals surface area contributed by atoms with Crippen molar-refractivity contribution < 1.29 is 4.79 Å². The summed E-state index contributed by atoms with van der Waals surface area (Å²) in [5.74, 6) is 0.168. The van der Waals surface area contributed by atoms with E-state index in [4.69, 9.17) is 5.73 Å². The van der Waals surface area contributed by atoms with Gasteiger partial charge in [-0.1, -0.05) is 20.3 Å². The third-order valence-electron chi connectivity index (χ3n) is 4.52. The van der Waals surface area contributed by atoms with E-state index >= 15 is 0 Å². The van der Waals surface area contributed by atoms with Gasteiger partial charge < -0.3 is 11.1 Å². The molecule has 0 aromatic heterocycles. The van der Waals surface area contributed by atoms with E-state index in [1.807, 2.05) is 11.8 Å². The molecule has 1 fully saturated rings. The quantitative estimate of drug-likeness (QED) is 0.793. The van der Waals surface area contributed by atoms with Crippen molar-refractivity contribution >= 4 is 30.1 Å². The van der Waals surface area contributed by atoms with E-state index in [0.717, 1.165) is 25.7 Å². The molecule has 5 heteroatoms. The van der Waals surface area contributed by atoms with Crippen LogP contribution in [0.2, 0.25) is 0 Å². The van der Waals surface area contributed by atoms with Gasteiger partial charge in [0.15, 0.2) is 0 Å². The molecule has 0 aromatic rings. The molecular formula is C14H29ClN2OS. The number of amides is 1. The van der Waals surface area contributed by atoms with Crippen LogP contribution >= 0.6 is 24.2 Å². The molecule has 0 heterocycles. The Labute approximate surface area is 128 Å². The van der Waals surface area contributed by atoms with Crippen molar-refractivity contribution in [3.05, 3.63) is 0 Å². The summed E-state index contributed by atoms with van der Waals surface area (Å²) in [6.07, 6.45) is 8.56. The number of halogens is 1. The van der Waals surface area contributed by atoms with Gasteiger partial charge in [-0.15, -0.1) is 12.4 Å². The molecule has 0 aromatic carbocycles. The number of hydrogen-bond acceptors (Lipinski definition) is 3. The zero-order chi connectivity index (χ0) is 13.6. The summed E-state index contributed by atoms with van der Waals surface area (Å²) in [5, 5.41) is 3.95. The third kappa shape index (κ3) is 4.83. The lowest BCUT2D eigenvalue weighted by Crippen LogP contribution is -2.50. The van der Waals surface area contributed by atoms with Gasteiger partial charge in [0, 0.05) is 17.8 Å². The fourth-order valence-electron chi connectivity index (χ4n) is 2.78. The molecule has 3 nitrogen and oxygen atoms in total. The molecule has 0 bridgehead atoms. The molecule has 0 aliphatic heterocycles. The number of rotatable bonds is 6. The lowest BCUT2D eigenvalue weighted by atomic mass is 9.81. The van der Waals surface area contributed by atoms with Crippen molar-refractivity contribution in [2.24, 2.45) is 11.1 Å². The first kappa shape index (κ1) is 19.1. The third-order valence-corrected chi connectivity index (χ3v) is 5.62. The Balaban J connectivity index is 0.00000324. The first-order chi connectivity index (χ1) is 8.61. The van der Waals surface area contributed by atoms with E-state index in [0.29, 0.717) is 17.8 Å². The van der Waals surface area contributed by atoms with Crippen molar-refractivity contribution in [2.45, 2.75) is 63.7 Å². The molecule has 2 atom stereocenters. The van der Waals surface area contributed by atoms with Crippen molar-refractivity contribution in [3.63, 3.8) is 0 Å². The largest absolute Gasteiger partial charge is 0.353 e. The van der Waals surface area contributed by atoms with Gasteiger partial charge in [-0.05, 0) is 38.4 Å². The highest BCUT2D eigenvalue weighted by molar-refractivity contribution is 7.99. The van der Waals surface area contributed by atoms with Gasteiger partial charge in [-0.25, -0.2) is 0 Å². The highest BCUT2D eigenvalue weighted by Gasteiger charge is 2.35. The lowest BCUT2D eigenvalue weighted by Gasteiger charge is -2.34. The minimum Gasteiger partial charge on any atom is -0.353 e. The fourth-order valence-corrected chi connectivity index (χ4v) is 3.61. The summed E-state index contributed by atoms with van der Waals surface area (Å²) in [4.78, 5) is 12.4. The Bertz CT molecular complexity index is 264. The predicted octanol–water partition coefficient (Wildman–Crippen LogP) is 2.96. The van der Waals surface area contributed by atoms with Crippen molar-refractivity contribution in [1.82, 2.24) is 5.32 Å². The standard InChI is InChI=1S/C14H28N2OS.ClH/c1-4-14(5-2,10-15)13(17)16-11-7-6-8-12(9-11)18-3;/h11-12H,4-10,15H2,1-3H3,(H,16,17);1H. The SMILES string of the molecule is CCC(CC)(CN)C(=O)NC1CCCC(SC)C1.Cl. The zero-order valence-corrected chi connectivity index (χ0v) is 14.0. The highest BCUT2D eigenvalue weighted by atomic mass is 35.5. The molecule has 0 saturated heterocycles. The highest BCUT2D eigenvalue weighted by Crippen LogP contribution is 2.29. The average molecular weight is 309 g/mol. The van der Waals surface area contributed by atoms with Crippen molar-refractivity contribution in [2.75, 3.05) is 12.8 Å². The fraction of sp³-hybridized carbons (Fsp3) is 0.929. The molecule has 3 N–H and O–H groups in total. The van der Waals surface area contributed by atoms with Crippen LogP contribution in [0.15, 0.2) is 0 Å². The Morgan fingerprint density at radius 1 is 1.37 bits per heavy atom. The van der Waals surface area contributed by atoms with Gasteiger partial charge in [0.05, 0.1) is 5.41 Å². The molecule has 0 radical (unpaired) electrons. The number of carbonyl (C=O) groups excluding carboxylic acids is 1. The van der Waals surface area contributed by atoms with E-state index in [1.54, 1.807) is 0 Å². The topological polar surface area (TPSA) is 55.1 Å². The number of carbonyl (C=O) groups is 1. The summed E-state index contributed by atoms with van der Waals surface area (Å²) in [7, 11) is 0. The normalized spacial score (nSPS) is 23.6. The molecule has 1 saturated carbocycles. The summed E-state index contributed by atoms with van der Waals surface area (Å²) in [5.41, 5.74) is 5.47. The first-order valence-corrected chi connectivity index (χ1v) is 8.44. The van der Waals surface area contributed by atoms with Gasteiger partial charge in [0.2, 0.25) is 5.91 Å². The van der Waals surface area contributed by atoms with Crippen LogP contribution in [0.3, 0.4) is 0 Å². The van der Waals surface area contributed by atoms with E-state index in [1.165, 1.54) is 12.8 Å². The van der Waals surface area contributed by atoms with Gasteiger partial charge in [0.25, 0.3) is 0 Å². The van der Waals surface area contributed by atoms with Gasteiger partial charge in [0.1, 0.15) is 0 Å². The van der Waals surface area contributed by atoms with E-state index < -0.39 is 0 Å². The molecule has 1 rings (SSSR count). The minimum absolute atomic E-state index is 0. The van der Waals surface area contributed by atoms with Crippen LogP contribution in [0, 0.1) is 5.41 Å². The van der Waals surface area contributed by atoms with Crippen LogP contribution in [0.5, 0.6) is 0 Å². The monoisotopic (exact) mass is 308 g/mol. The summed E-state index contributed by atoms with van der Waals surface area (Å²) in [6, 6.07) is 0.354. The predicted molar refractivity (Wildman–Crippen MR) is 87.0 cm³/mol. The van der Waals surface area contributed by atoms with Crippen molar-refractivity contribution in [3.8, 4) is 0 Å². The van der Waals surface area contributed by atoms with Gasteiger partial charge >= 0.3 is 0 Å². The summed E-state index contributed by atoms with van der Waals surface area (Å²) >= 11 is 1.93. The van der Waals surface area contributed by atoms with Gasteiger partial charge in [-0.2, -0.15) is 11.8 Å². The van der Waals surface area contributed by atoms with Crippen LogP contribution in [0.4, 0.5) is 0 Å². The van der Waals surface area contributed by atoms with Crippen LogP contribution < -0.4 is 11.1 Å². The Morgan fingerprint density at radius 3 is 2.47 bits per heavy atom. The maximum atomic E-state index is 12.4. The van der Waals surface area contributed by atoms with Crippen LogP contribution in [0.25, 0.3) is 0 Å². The van der Waals surface area contributed by atoms with E-state index in [9.17, 15) is 4.79 Å². The Morgan fingerprint density at radius 2 is 2.00 bits per heavy atom. The second kappa shape index (κ2) is 9.09. The van der Waals surface area contributed by atoms with Crippen molar-refractivity contribution in [1.29, 1.82) is 0 Å². The lowest BCUT2D eigenvalue weighted by molar-refractivity contribution is -0.132. The Kier molecular flexibility index (Phi) is 9.12. The number of nitrogens with two attached hydrogens (primary N) is 1. The van der Waals surface area contributed by atoms with Crippen LogP contribution in [0.1, 0.15) is 52.4 Å². The average Bonchev–Trinajstić information content (AvgIpc) is 2.41. The van der Waals surface area contributed by atoms with Crippen LogP contribution in [-0.4, -0.2) is 30.0 Å².